The quantitative estimate of drug-likeness (QED) is 0.599. The number of carbonyl (C=O) groups is 1. The first-order chi connectivity index (χ1) is 12.6. The number of aromatic nitrogens is 2. The summed E-state index contributed by atoms with van der Waals surface area (Å²) in [6, 6.07) is 16.8. The first kappa shape index (κ1) is 16.3. The number of carbonyl (C=O) groups excluding carboxylic acids is 1. The average Bonchev–Trinajstić information content (AvgIpc) is 3.15. The van der Waals surface area contributed by atoms with Crippen LogP contribution in [0.3, 0.4) is 0 Å². The van der Waals surface area contributed by atoms with E-state index < -0.39 is 5.76 Å². The van der Waals surface area contributed by atoms with Crippen LogP contribution in [0.2, 0.25) is 0 Å². The molecule has 0 saturated carbocycles. The largest absolute Gasteiger partial charge is 0.420 e. The van der Waals surface area contributed by atoms with Gasteiger partial charge in [0.05, 0.1) is 11.2 Å². The molecule has 2 aromatic heterocycles. The van der Waals surface area contributed by atoms with E-state index in [0.29, 0.717) is 16.2 Å². The third kappa shape index (κ3) is 3.04. The van der Waals surface area contributed by atoms with E-state index in [1.165, 1.54) is 15.9 Å². The number of nitrogens with one attached hydrogen (secondary N) is 1. The smallest absolute Gasteiger partial charge is 0.408 e. The lowest BCUT2D eigenvalue weighted by Gasteiger charge is -2.02. The van der Waals surface area contributed by atoms with Crippen molar-refractivity contribution in [1.29, 1.82) is 0 Å². The van der Waals surface area contributed by atoms with Gasteiger partial charge in [0, 0.05) is 10.4 Å². The number of rotatable bonds is 4. The molecule has 130 valence electrons. The fraction of sp³-hybridized carbons (Fsp3) is 0.105. The maximum atomic E-state index is 12.4. The van der Waals surface area contributed by atoms with E-state index in [1.54, 1.807) is 24.3 Å². The van der Waals surface area contributed by atoms with Crippen LogP contribution in [0.1, 0.15) is 4.88 Å². The molecule has 0 radical (unpaired) electrons. The number of benzene rings is 2. The van der Waals surface area contributed by atoms with Gasteiger partial charge in [0.15, 0.2) is 10.7 Å². The maximum absolute atomic E-state index is 12.4. The molecule has 0 atom stereocenters. The average molecular weight is 365 g/mol. The lowest BCUT2D eigenvalue weighted by Crippen LogP contribution is -2.24. The van der Waals surface area contributed by atoms with Crippen LogP contribution in [-0.4, -0.2) is 15.5 Å². The van der Waals surface area contributed by atoms with Crippen LogP contribution in [0, 0.1) is 6.92 Å². The van der Waals surface area contributed by atoms with Crippen molar-refractivity contribution in [2.75, 3.05) is 5.32 Å². The normalized spacial score (nSPS) is 11.0. The summed E-state index contributed by atoms with van der Waals surface area (Å²) in [6.07, 6.45) is 0. The summed E-state index contributed by atoms with van der Waals surface area (Å²) in [6.45, 7) is 1.83. The highest BCUT2D eigenvalue weighted by molar-refractivity contribution is 7.16. The topological polar surface area (TPSA) is 77.1 Å². The Hall–Kier alpha value is -3.19. The van der Waals surface area contributed by atoms with E-state index in [9.17, 15) is 9.59 Å². The Morgan fingerprint density at radius 2 is 1.88 bits per heavy atom. The SMILES string of the molecule is Cc1sc(NC(=O)Cn2c(=O)oc3ccccc32)nc1-c1ccccc1. The minimum absolute atomic E-state index is 0.130. The highest BCUT2D eigenvalue weighted by Crippen LogP contribution is 2.30. The lowest BCUT2D eigenvalue weighted by molar-refractivity contribution is -0.116. The molecule has 2 heterocycles. The van der Waals surface area contributed by atoms with Gasteiger partial charge < -0.3 is 9.73 Å². The van der Waals surface area contributed by atoms with E-state index in [2.05, 4.69) is 10.3 Å². The van der Waals surface area contributed by atoms with Crippen LogP contribution in [0.5, 0.6) is 0 Å². The van der Waals surface area contributed by atoms with Crippen LogP contribution < -0.4 is 11.1 Å². The van der Waals surface area contributed by atoms with Gasteiger partial charge in [0.2, 0.25) is 5.91 Å². The Bertz CT molecular complexity index is 1140. The summed E-state index contributed by atoms with van der Waals surface area (Å²) >= 11 is 1.40. The van der Waals surface area contributed by atoms with E-state index in [4.69, 9.17) is 4.42 Å². The number of anilines is 1. The summed E-state index contributed by atoms with van der Waals surface area (Å²) < 4.78 is 6.45. The molecule has 4 rings (SSSR count). The fourth-order valence-corrected chi connectivity index (χ4v) is 3.63. The molecular weight excluding hydrogens is 350 g/mol. The highest BCUT2D eigenvalue weighted by Gasteiger charge is 2.15. The standard InChI is InChI=1S/C19H15N3O3S/c1-12-17(13-7-3-2-4-8-13)21-18(26-12)20-16(23)11-22-14-9-5-6-10-15(14)25-19(22)24/h2-10H,11H2,1H3,(H,20,21,23). The van der Waals surface area contributed by atoms with Crippen molar-refractivity contribution < 1.29 is 9.21 Å². The molecule has 6 nitrogen and oxygen atoms in total. The number of aryl methyl sites for hydroxylation is 1. The van der Waals surface area contributed by atoms with E-state index >= 15 is 0 Å². The summed E-state index contributed by atoms with van der Waals surface area (Å²) in [4.78, 5) is 29.9. The van der Waals surface area contributed by atoms with Gasteiger partial charge in [0.1, 0.15) is 6.54 Å². The minimum Gasteiger partial charge on any atom is -0.408 e. The van der Waals surface area contributed by atoms with Gasteiger partial charge >= 0.3 is 5.76 Å². The molecule has 0 aliphatic carbocycles. The zero-order valence-electron chi connectivity index (χ0n) is 13.9. The van der Waals surface area contributed by atoms with Crippen molar-refractivity contribution in [1.82, 2.24) is 9.55 Å². The van der Waals surface area contributed by atoms with Crippen molar-refractivity contribution in [3.05, 3.63) is 70.0 Å². The van der Waals surface area contributed by atoms with Gasteiger partial charge in [-0.2, -0.15) is 0 Å². The molecule has 26 heavy (non-hydrogen) atoms. The zero-order valence-corrected chi connectivity index (χ0v) is 14.7. The third-order valence-corrected chi connectivity index (χ3v) is 4.85. The van der Waals surface area contributed by atoms with Gasteiger partial charge in [-0.1, -0.05) is 42.5 Å². The Balaban J connectivity index is 1.55. The van der Waals surface area contributed by atoms with Crippen LogP contribution >= 0.6 is 11.3 Å². The molecule has 0 aliphatic heterocycles. The molecule has 2 aromatic carbocycles. The molecule has 1 amide bonds. The molecule has 0 spiro atoms. The maximum Gasteiger partial charge on any atom is 0.420 e. The minimum atomic E-state index is -0.554. The van der Waals surface area contributed by atoms with Crippen molar-refractivity contribution >= 4 is 33.5 Å². The van der Waals surface area contributed by atoms with Crippen LogP contribution in [0.4, 0.5) is 5.13 Å². The second-order valence-electron chi connectivity index (χ2n) is 5.76. The van der Waals surface area contributed by atoms with E-state index in [0.717, 1.165) is 16.1 Å². The summed E-state index contributed by atoms with van der Waals surface area (Å²) in [5.41, 5.74) is 2.89. The van der Waals surface area contributed by atoms with Crippen molar-refractivity contribution in [2.45, 2.75) is 13.5 Å². The number of hydrogen-bond donors (Lipinski definition) is 1. The molecule has 0 aliphatic rings. The molecule has 0 bridgehead atoms. The van der Waals surface area contributed by atoms with Gasteiger partial charge in [-0.3, -0.25) is 9.36 Å². The molecule has 4 aromatic rings. The van der Waals surface area contributed by atoms with E-state index in [-0.39, 0.29) is 12.5 Å². The molecule has 0 fully saturated rings. The van der Waals surface area contributed by atoms with Gasteiger partial charge in [-0.15, -0.1) is 11.3 Å². The fourth-order valence-electron chi connectivity index (χ4n) is 2.78. The molecule has 0 saturated heterocycles. The van der Waals surface area contributed by atoms with Gasteiger partial charge in [0.25, 0.3) is 0 Å². The molecule has 0 unspecified atom stereocenters. The molecular formula is C19H15N3O3S. The first-order valence-electron chi connectivity index (χ1n) is 8.03. The molecule has 1 N–H and O–H groups in total. The van der Waals surface area contributed by atoms with Crippen LogP contribution in [0.15, 0.2) is 63.8 Å². The van der Waals surface area contributed by atoms with Crippen LogP contribution in [0.25, 0.3) is 22.4 Å². The van der Waals surface area contributed by atoms with E-state index in [1.807, 2.05) is 37.3 Å². The summed E-state index contributed by atoms with van der Waals surface area (Å²) in [5, 5.41) is 3.28. The van der Waals surface area contributed by atoms with Crippen molar-refractivity contribution in [3.8, 4) is 11.3 Å². The number of para-hydroxylation sites is 2. The Morgan fingerprint density at radius 1 is 1.15 bits per heavy atom. The summed E-state index contributed by atoms with van der Waals surface area (Å²) in [5.74, 6) is -0.881. The zero-order chi connectivity index (χ0) is 18.1. The van der Waals surface area contributed by atoms with Crippen molar-refractivity contribution in [2.24, 2.45) is 0 Å². The Morgan fingerprint density at radius 3 is 2.69 bits per heavy atom. The predicted octanol–water partition coefficient (Wildman–Crippen LogP) is 3.67. The Labute approximate surface area is 152 Å². The number of oxazole rings is 1. The number of fused-ring (bicyclic) bond motifs is 1. The van der Waals surface area contributed by atoms with Gasteiger partial charge in [-0.05, 0) is 19.1 Å². The third-order valence-electron chi connectivity index (χ3n) is 3.97. The Kier molecular flexibility index (Phi) is 4.14. The number of thiazole rings is 1. The van der Waals surface area contributed by atoms with Crippen molar-refractivity contribution in [3.63, 3.8) is 0 Å². The lowest BCUT2D eigenvalue weighted by atomic mass is 10.1. The highest BCUT2D eigenvalue weighted by atomic mass is 32.1. The van der Waals surface area contributed by atoms with Crippen LogP contribution in [-0.2, 0) is 11.3 Å². The molecule has 7 heteroatoms. The first-order valence-corrected chi connectivity index (χ1v) is 8.84. The summed E-state index contributed by atoms with van der Waals surface area (Å²) in [7, 11) is 0. The second-order valence-corrected chi connectivity index (χ2v) is 6.96. The van der Waals surface area contributed by atoms with Gasteiger partial charge in [-0.25, -0.2) is 9.78 Å². The number of hydrogen-bond acceptors (Lipinski definition) is 5. The number of amides is 1. The second kappa shape index (κ2) is 6.61. The predicted molar refractivity (Wildman–Crippen MR) is 101 cm³/mol. The monoisotopic (exact) mass is 365 g/mol. The number of nitrogens with zero attached hydrogens (tertiary/aromatic N) is 2.